The number of likely N-dealkylation sites (tertiary alicyclic amines) is 1. The molecular formula is C27H28N4O2. The third-order valence-electron chi connectivity index (χ3n) is 7.39. The number of hydrogen-bond donors (Lipinski definition) is 2. The van der Waals surface area contributed by atoms with E-state index in [4.69, 9.17) is 0 Å². The molecule has 2 N–H and O–H groups in total. The van der Waals surface area contributed by atoms with Crippen LogP contribution in [0.1, 0.15) is 24.0 Å². The molecule has 168 valence electrons. The second-order valence-electron chi connectivity index (χ2n) is 9.38. The lowest BCUT2D eigenvalue weighted by Crippen LogP contribution is -2.42. The lowest BCUT2D eigenvalue weighted by Gasteiger charge is -2.25. The lowest BCUT2D eigenvalue weighted by molar-refractivity contribution is 0.343. The fraction of sp³-hybridized carbons (Fsp3) is 0.333. The summed E-state index contributed by atoms with van der Waals surface area (Å²) in [7, 11) is 0. The van der Waals surface area contributed by atoms with E-state index >= 15 is 0 Å². The maximum Gasteiger partial charge on any atom is 0.253 e. The fourth-order valence-electron chi connectivity index (χ4n) is 5.55. The molecule has 0 bridgehead atoms. The van der Waals surface area contributed by atoms with Crippen LogP contribution >= 0.6 is 0 Å². The van der Waals surface area contributed by atoms with Gasteiger partial charge in [-0.15, -0.1) is 0 Å². The zero-order chi connectivity index (χ0) is 22.4. The summed E-state index contributed by atoms with van der Waals surface area (Å²) in [6.07, 6.45) is 6.45. The smallest absolute Gasteiger partial charge is 0.253 e. The van der Waals surface area contributed by atoms with Crippen molar-refractivity contribution < 1.29 is 0 Å². The molecule has 33 heavy (non-hydrogen) atoms. The minimum absolute atomic E-state index is 0.368. The largest absolute Gasteiger partial charge is 0.367 e. The average Bonchev–Trinajstić information content (AvgIpc) is 3.58. The predicted octanol–water partition coefficient (Wildman–Crippen LogP) is 3.78. The molecule has 2 aliphatic rings. The summed E-state index contributed by atoms with van der Waals surface area (Å²) in [5.41, 5.74) is 5.14. The van der Waals surface area contributed by atoms with Crippen molar-refractivity contribution in [3.05, 3.63) is 86.3 Å². The van der Waals surface area contributed by atoms with Crippen LogP contribution in [0.4, 0.5) is 17.1 Å². The van der Waals surface area contributed by atoms with E-state index in [1.54, 1.807) is 0 Å². The Morgan fingerprint density at radius 3 is 2.79 bits per heavy atom. The van der Waals surface area contributed by atoms with Gasteiger partial charge in [-0.3, -0.25) is 14.5 Å². The molecule has 6 rings (SSSR count). The first kappa shape index (κ1) is 20.2. The van der Waals surface area contributed by atoms with Crippen molar-refractivity contribution in [2.24, 2.45) is 5.92 Å². The fourth-order valence-corrected chi connectivity index (χ4v) is 5.55. The molecule has 0 spiro atoms. The lowest BCUT2D eigenvalue weighted by atomic mass is 9.98. The third kappa shape index (κ3) is 3.55. The van der Waals surface area contributed by atoms with Crippen LogP contribution in [0.25, 0.3) is 10.9 Å². The summed E-state index contributed by atoms with van der Waals surface area (Å²) < 4.78 is 0. The van der Waals surface area contributed by atoms with Gasteiger partial charge in [0.05, 0.1) is 6.67 Å². The van der Waals surface area contributed by atoms with E-state index in [1.165, 1.54) is 28.5 Å². The Labute approximate surface area is 192 Å². The van der Waals surface area contributed by atoms with Gasteiger partial charge in [0.2, 0.25) is 0 Å². The van der Waals surface area contributed by atoms with E-state index in [1.807, 2.05) is 23.1 Å². The normalized spacial score (nSPS) is 18.4. The molecule has 0 radical (unpaired) electrons. The number of fused-ring (bicyclic) bond motifs is 2. The highest BCUT2D eigenvalue weighted by atomic mass is 16.2. The SMILES string of the molecule is O=c1c(NCN2CCC(CCc3c[nH]c4ccccc34)C2)c(N2CCc3ccccc32)c1=O. The standard InChI is InChI=1S/C27H28N4O2/c32-26-24(25(27(26)33)31-14-12-19-5-1-4-8-23(19)31)29-17-30-13-11-18(16-30)9-10-20-15-28-22-7-3-2-6-21(20)22/h1-8,15,18,28-29H,9-14,16-17H2. The summed E-state index contributed by atoms with van der Waals surface area (Å²) >= 11 is 0. The molecular weight excluding hydrogens is 412 g/mol. The van der Waals surface area contributed by atoms with Crippen molar-refractivity contribution in [2.45, 2.75) is 25.7 Å². The van der Waals surface area contributed by atoms with Crippen LogP contribution in [0.5, 0.6) is 0 Å². The third-order valence-corrected chi connectivity index (χ3v) is 7.39. The summed E-state index contributed by atoms with van der Waals surface area (Å²) in [5, 5.41) is 4.63. The Balaban J connectivity index is 1.07. The highest BCUT2D eigenvalue weighted by molar-refractivity contribution is 5.83. The van der Waals surface area contributed by atoms with Gasteiger partial charge in [-0.25, -0.2) is 0 Å². The van der Waals surface area contributed by atoms with Gasteiger partial charge in [-0.05, 0) is 54.9 Å². The number of rotatable bonds is 7. The molecule has 1 saturated heterocycles. The van der Waals surface area contributed by atoms with Gasteiger partial charge in [0.15, 0.2) is 0 Å². The molecule has 4 aromatic rings. The first-order chi connectivity index (χ1) is 16.2. The second kappa shape index (κ2) is 8.19. The Bertz CT molecular complexity index is 1380. The number of aryl methyl sites for hydroxylation is 1. The average molecular weight is 441 g/mol. The number of hydrogen-bond acceptors (Lipinski definition) is 5. The maximum atomic E-state index is 12.4. The van der Waals surface area contributed by atoms with Gasteiger partial charge in [0.25, 0.3) is 10.9 Å². The van der Waals surface area contributed by atoms with E-state index < -0.39 is 0 Å². The van der Waals surface area contributed by atoms with Crippen LogP contribution < -0.4 is 21.1 Å². The first-order valence-electron chi connectivity index (χ1n) is 11.9. The highest BCUT2D eigenvalue weighted by Gasteiger charge is 2.31. The number of aromatic nitrogens is 1. The van der Waals surface area contributed by atoms with Crippen molar-refractivity contribution in [1.29, 1.82) is 0 Å². The summed E-state index contributed by atoms with van der Waals surface area (Å²) in [6.45, 7) is 3.39. The first-order valence-corrected chi connectivity index (χ1v) is 11.9. The zero-order valence-electron chi connectivity index (χ0n) is 18.6. The van der Waals surface area contributed by atoms with Crippen LogP contribution in [0, 0.1) is 5.92 Å². The number of nitrogens with zero attached hydrogens (tertiary/aromatic N) is 2. The number of nitrogens with one attached hydrogen (secondary N) is 2. The molecule has 3 aromatic carbocycles. The summed E-state index contributed by atoms with van der Waals surface area (Å²) in [4.78, 5) is 32.5. The van der Waals surface area contributed by atoms with E-state index in [2.05, 4.69) is 51.7 Å². The van der Waals surface area contributed by atoms with Gasteiger partial charge in [-0.2, -0.15) is 0 Å². The van der Waals surface area contributed by atoms with Crippen molar-refractivity contribution in [1.82, 2.24) is 9.88 Å². The highest BCUT2D eigenvalue weighted by Crippen LogP contribution is 2.36. The Kier molecular flexibility index (Phi) is 5.03. The molecule has 1 aromatic heterocycles. The number of benzene rings is 2. The topological polar surface area (TPSA) is 68.4 Å². The van der Waals surface area contributed by atoms with Gasteiger partial charge in [-0.1, -0.05) is 36.4 Å². The number of H-pyrrole nitrogens is 1. The van der Waals surface area contributed by atoms with E-state index in [9.17, 15) is 9.59 Å². The Hall–Kier alpha value is -3.38. The molecule has 6 nitrogen and oxygen atoms in total. The van der Waals surface area contributed by atoms with Crippen LogP contribution in [0.3, 0.4) is 0 Å². The minimum Gasteiger partial charge on any atom is -0.367 e. The summed E-state index contributed by atoms with van der Waals surface area (Å²) in [6, 6.07) is 16.6. The van der Waals surface area contributed by atoms with E-state index in [-0.39, 0.29) is 10.9 Å². The van der Waals surface area contributed by atoms with Crippen LogP contribution in [0.15, 0.2) is 64.3 Å². The maximum absolute atomic E-state index is 12.4. The zero-order valence-corrected chi connectivity index (χ0v) is 18.6. The van der Waals surface area contributed by atoms with Gasteiger partial charge < -0.3 is 15.2 Å². The molecule has 1 atom stereocenters. The molecule has 2 aliphatic heterocycles. The Morgan fingerprint density at radius 1 is 1.00 bits per heavy atom. The van der Waals surface area contributed by atoms with Crippen molar-refractivity contribution in [3.8, 4) is 0 Å². The van der Waals surface area contributed by atoms with Crippen molar-refractivity contribution in [2.75, 3.05) is 36.5 Å². The van der Waals surface area contributed by atoms with Gasteiger partial charge in [0.1, 0.15) is 11.4 Å². The molecule has 3 heterocycles. The Morgan fingerprint density at radius 2 is 1.85 bits per heavy atom. The molecule has 6 heteroatoms. The van der Waals surface area contributed by atoms with Gasteiger partial charge >= 0.3 is 0 Å². The molecule has 1 fully saturated rings. The minimum atomic E-state index is -0.385. The molecule has 1 unspecified atom stereocenters. The molecule has 0 aliphatic carbocycles. The van der Waals surface area contributed by atoms with Crippen molar-refractivity contribution in [3.63, 3.8) is 0 Å². The van der Waals surface area contributed by atoms with Gasteiger partial charge in [0, 0.05) is 42.4 Å². The summed E-state index contributed by atoms with van der Waals surface area (Å²) in [5.74, 6) is 0.651. The van der Waals surface area contributed by atoms with Crippen molar-refractivity contribution >= 4 is 28.0 Å². The quantitative estimate of drug-likeness (QED) is 0.428. The monoisotopic (exact) mass is 440 g/mol. The predicted molar refractivity (Wildman–Crippen MR) is 133 cm³/mol. The number of para-hydroxylation sites is 2. The van der Waals surface area contributed by atoms with E-state index in [0.29, 0.717) is 24.0 Å². The molecule has 0 amide bonds. The number of anilines is 3. The second-order valence-corrected chi connectivity index (χ2v) is 9.38. The van der Waals surface area contributed by atoms with Crippen LogP contribution in [-0.2, 0) is 12.8 Å². The van der Waals surface area contributed by atoms with Crippen LogP contribution in [-0.4, -0.2) is 36.2 Å². The van der Waals surface area contributed by atoms with E-state index in [0.717, 1.165) is 44.6 Å². The number of aromatic amines is 1. The molecule has 0 saturated carbocycles. The van der Waals surface area contributed by atoms with Crippen LogP contribution in [0.2, 0.25) is 0 Å².